The van der Waals surface area contributed by atoms with Gasteiger partial charge in [-0.15, -0.1) is 0 Å². The summed E-state index contributed by atoms with van der Waals surface area (Å²) in [5, 5.41) is 3.73. The molecule has 0 radical (unpaired) electrons. The molecule has 18 heavy (non-hydrogen) atoms. The molecule has 1 aliphatic rings. The van der Waals surface area contributed by atoms with Gasteiger partial charge < -0.3 is 11.1 Å². The summed E-state index contributed by atoms with van der Waals surface area (Å²) in [6.45, 7) is 7.51. The minimum Gasteiger partial charge on any atom is -0.378 e. The molecular weight excluding hydrogens is 220 g/mol. The summed E-state index contributed by atoms with van der Waals surface area (Å²) in [4.78, 5) is 0. The first kappa shape index (κ1) is 13.4. The number of nitrogens with two attached hydrogens (primary N) is 1. The van der Waals surface area contributed by atoms with Gasteiger partial charge >= 0.3 is 0 Å². The molecule has 2 nitrogen and oxygen atoms in total. The van der Waals surface area contributed by atoms with Crippen molar-refractivity contribution < 1.29 is 0 Å². The Morgan fingerprint density at radius 1 is 1.22 bits per heavy atom. The van der Waals surface area contributed by atoms with E-state index in [0.717, 1.165) is 5.92 Å². The maximum Gasteiger partial charge on any atom is 0.0523 e. The van der Waals surface area contributed by atoms with Crippen molar-refractivity contribution in [2.24, 2.45) is 17.6 Å². The molecule has 0 aromatic heterocycles. The van der Waals surface area contributed by atoms with E-state index in [1.807, 2.05) is 0 Å². The van der Waals surface area contributed by atoms with Crippen LogP contribution in [0.25, 0.3) is 0 Å². The predicted octanol–water partition coefficient (Wildman–Crippen LogP) is 3.56. The Kier molecular flexibility index (Phi) is 3.96. The van der Waals surface area contributed by atoms with Crippen LogP contribution in [0.1, 0.15) is 38.7 Å². The lowest BCUT2D eigenvalue weighted by Crippen LogP contribution is -2.54. The third-order valence-electron chi connectivity index (χ3n) is 4.56. The second kappa shape index (κ2) is 5.31. The molecule has 0 amide bonds. The minimum absolute atomic E-state index is 0.0763. The molecule has 3 N–H and O–H groups in total. The van der Waals surface area contributed by atoms with E-state index in [1.54, 1.807) is 0 Å². The average molecular weight is 246 g/mol. The highest BCUT2D eigenvalue weighted by molar-refractivity contribution is 5.47. The largest absolute Gasteiger partial charge is 0.378 e. The first-order valence-corrected chi connectivity index (χ1v) is 7.10. The monoisotopic (exact) mass is 246 g/mol. The van der Waals surface area contributed by atoms with Crippen LogP contribution >= 0.6 is 0 Å². The molecule has 1 fully saturated rings. The first-order valence-electron chi connectivity index (χ1n) is 7.10. The Balaban J connectivity index is 2.18. The van der Waals surface area contributed by atoms with Gasteiger partial charge in [-0.1, -0.05) is 38.0 Å². The second-order valence-corrected chi connectivity index (χ2v) is 6.14. The van der Waals surface area contributed by atoms with Crippen molar-refractivity contribution in [3.63, 3.8) is 0 Å². The number of aryl methyl sites for hydroxylation is 1. The standard InChI is InChI=1S/C16H26N2/c1-12-5-8-15(9-6-12)18-16(11-17)10-13(2)4-7-14(16)3/h5-6,8-9,13-14,18H,4,7,10-11,17H2,1-3H3. The fourth-order valence-corrected chi connectivity index (χ4v) is 3.17. The highest BCUT2D eigenvalue weighted by Crippen LogP contribution is 2.38. The molecule has 1 aliphatic carbocycles. The first-order chi connectivity index (χ1) is 8.55. The summed E-state index contributed by atoms with van der Waals surface area (Å²) in [5.41, 5.74) is 8.68. The maximum atomic E-state index is 6.11. The molecule has 1 aromatic carbocycles. The van der Waals surface area contributed by atoms with Crippen molar-refractivity contribution in [2.45, 2.75) is 45.6 Å². The molecule has 0 heterocycles. The molecule has 2 heteroatoms. The topological polar surface area (TPSA) is 38.0 Å². The van der Waals surface area contributed by atoms with Crippen molar-refractivity contribution in [3.8, 4) is 0 Å². The van der Waals surface area contributed by atoms with E-state index in [-0.39, 0.29) is 5.54 Å². The molecule has 1 saturated carbocycles. The number of hydrogen-bond acceptors (Lipinski definition) is 2. The number of nitrogens with one attached hydrogen (secondary N) is 1. The highest BCUT2D eigenvalue weighted by Gasteiger charge is 2.39. The molecular formula is C16H26N2. The van der Waals surface area contributed by atoms with Crippen molar-refractivity contribution >= 4 is 5.69 Å². The Morgan fingerprint density at radius 2 is 1.89 bits per heavy atom. The van der Waals surface area contributed by atoms with Crippen LogP contribution in [0, 0.1) is 18.8 Å². The lowest BCUT2D eigenvalue weighted by atomic mass is 9.69. The number of hydrogen-bond donors (Lipinski definition) is 2. The van der Waals surface area contributed by atoms with Gasteiger partial charge in [0, 0.05) is 12.2 Å². The zero-order valence-electron chi connectivity index (χ0n) is 11.9. The van der Waals surface area contributed by atoms with Gasteiger partial charge in [0.25, 0.3) is 0 Å². The molecule has 0 saturated heterocycles. The molecule has 0 bridgehead atoms. The smallest absolute Gasteiger partial charge is 0.0523 e. The third-order valence-corrected chi connectivity index (χ3v) is 4.56. The van der Waals surface area contributed by atoms with Crippen LogP contribution in [0.15, 0.2) is 24.3 Å². The fourth-order valence-electron chi connectivity index (χ4n) is 3.17. The van der Waals surface area contributed by atoms with Gasteiger partial charge in [0.2, 0.25) is 0 Å². The lowest BCUT2D eigenvalue weighted by Gasteiger charge is -2.45. The van der Waals surface area contributed by atoms with E-state index in [9.17, 15) is 0 Å². The molecule has 0 spiro atoms. The molecule has 1 aromatic rings. The normalized spacial score (nSPS) is 32.2. The maximum absolute atomic E-state index is 6.11. The van der Waals surface area contributed by atoms with Crippen LogP contribution in [0.2, 0.25) is 0 Å². The van der Waals surface area contributed by atoms with Crippen LogP contribution in [0.5, 0.6) is 0 Å². The predicted molar refractivity (Wildman–Crippen MR) is 78.8 cm³/mol. The van der Waals surface area contributed by atoms with Gasteiger partial charge in [-0.3, -0.25) is 0 Å². The summed E-state index contributed by atoms with van der Waals surface area (Å²) in [6, 6.07) is 8.64. The minimum atomic E-state index is 0.0763. The van der Waals surface area contributed by atoms with E-state index in [0.29, 0.717) is 12.5 Å². The van der Waals surface area contributed by atoms with E-state index >= 15 is 0 Å². The van der Waals surface area contributed by atoms with Crippen LogP contribution in [-0.4, -0.2) is 12.1 Å². The summed E-state index contributed by atoms with van der Waals surface area (Å²) in [7, 11) is 0. The van der Waals surface area contributed by atoms with Gasteiger partial charge in [-0.2, -0.15) is 0 Å². The van der Waals surface area contributed by atoms with Crippen LogP contribution in [0.3, 0.4) is 0 Å². The summed E-state index contributed by atoms with van der Waals surface area (Å²) in [5.74, 6) is 1.41. The molecule has 2 rings (SSSR count). The SMILES string of the molecule is Cc1ccc(NC2(CN)CC(C)CCC2C)cc1. The van der Waals surface area contributed by atoms with E-state index in [4.69, 9.17) is 5.73 Å². The van der Waals surface area contributed by atoms with E-state index in [1.165, 1.54) is 30.5 Å². The molecule has 3 atom stereocenters. The van der Waals surface area contributed by atoms with E-state index in [2.05, 4.69) is 50.4 Å². The lowest BCUT2D eigenvalue weighted by molar-refractivity contribution is 0.188. The van der Waals surface area contributed by atoms with Gasteiger partial charge in [-0.05, 0) is 43.7 Å². The molecule has 3 unspecified atom stereocenters. The van der Waals surface area contributed by atoms with Crippen molar-refractivity contribution in [3.05, 3.63) is 29.8 Å². The average Bonchev–Trinajstić information content (AvgIpc) is 2.37. The second-order valence-electron chi connectivity index (χ2n) is 6.14. The van der Waals surface area contributed by atoms with Gasteiger partial charge in [0.1, 0.15) is 0 Å². The van der Waals surface area contributed by atoms with Gasteiger partial charge in [0.05, 0.1) is 5.54 Å². The molecule has 100 valence electrons. The van der Waals surface area contributed by atoms with Crippen LogP contribution < -0.4 is 11.1 Å². The van der Waals surface area contributed by atoms with Gasteiger partial charge in [-0.25, -0.2) is 0 Å². The molecule has 0 aliphatic heterocycles. The summed E-state index contributed by atoms with van der Waals surface area (Å²) < 4.78 is 0. The van der Waals surface area contributed by atoms with Crippen LogP contribution in [0.4, 0.5) is 5.69 Å². The summed E-state index contributed by atoms with van der Waals surface area (Å²) >= 11 is 0. The highest BCUT2D eigenvalue weighted by atomic mass is 15.0. The quantitative estimate of drug-likeness (QED) is 0.856. The fraction of sp³-hybridized carbons (Fsp3) is 0.625. The Morgan fingerprint density at radius 3 is 2.50 bits per heavy atom. The zero-order valence-corrected chi connectivity index (χ0v) is 11.9. The Bertz CT molecular complexity index is 385. The number of benzene rings is 1. The van der Waals surface area contributed by atoms with Gasteiger partial charge in [0.15, 0.2) is 0 Å². The Labute approximate surface area is 111 Å². The van der Waals surface area contributed by atoms with Crippen molar-refractivity contribution in [2.75, 3.05) is 11.9 Å². The van der Waals surface area contributed by atoms with Crippen molar-refractivity contribution in [1.29, 1.82) is 0 Å². The van der Waals surface area contributed by atoms with E-state index < -0.39 is 0 Å². The van der Waals surface area contributed by atoms with Crippen LogP contribution in [-0.2, 0) is 0 Å². The Hall–Kier alpha value is -1.02. The third kappa shape index (κ3) is 2.69. The van der Waals surface area contributed by atoms with Crippen molar-refractivity contribution in [1.82, 2.24) is 0 Å². The number of anilines is 1. The zero-order chi connectivity index (χ0) is 13.2. The summed E-state index contributed by atoms with van der Waals surface area (Å²) in [6.07, 6.45) is 3.79. The number of rotatable bonds is 3.